The SMILES string of the molecule is CCN(CC)c1cc(-c2ccccc2)nc(SCc2ccc(C(=O)NC[C@H]3CCCO3)cc2)n1. The highest BCUT2D eigenvalue weighted by Crippen LogP contribution is 2.27. The molecular formula is C27H32N4O2S. The number of hydrogen-bond acceptors (Lipinski definition) is 6. The number of hydrogen-bond donors (Lipinski definition) is 1. The van der Waals surface area contributed by atoms with Gasteiger partial charge in [-0.05, 0) is 44.4 Å². The fourth-order valence-electron chi connectivity index (χ4n) is 3.96. The zero-order chi connectivity index (χ0) is 23.8. The van der Waals surface area contributed by atoms with Crippen LogP contribution >= 0.6 is 11.8 Å². The molecule has 1 amide bonds. The van der Waals surface area contributed by atoms with Crippen molar-refractivity contribution in [2.75, 3.05) is 31.1 Å². The molecule has 2 heterocycles. The second kappa shape index (κ2) is 12.0. The number of thioether (sulfide) groups is 1. The number of anilines is 1. The molecule has 0 radical (unpaired) electrons. The van der Waals surface area contributed by atoms with Crippen LogP contribution in [0.2, 0.25) is 0 Å². The predicted molar refractivity (Wildman–Crippen MR) is 138 cm³/mol. The molecule has 0 unspecified atom stereocenters. The molecule has 1 aromatic heterocycles. The second-order valence-electron chi connectivity index (χ2n) is 8.26. The van der Waals surface area contributed by atoms with Gasteiger partial charge in [0, 0.05) is 49.2 Å². The molecule has 1 atom stereocenters. The summed E-state index contributed by atoms with van der Waals surface area (Å²) in [6.45, 7) is 7.42. The van der Waals surface area contributed by atoms with E-state index in [1.54, 1.807) is 11.8 Å². The van der Waals surface area contributed by atoms with Crippen molar-refractivity contribution in [1.82, 2.24) is 15.3 Å². The van der Waals surface area contributed by atoms with E-state index in [0.717, 1.165) is 66.1 Å². The molecule has 0 saturated carbocycles. The first-order valence-corrected chi connectivity index (χ1v) is 13.0. The van der Waals surface area contributed by atoms with Crippen LogP contribution in [0, 0.1) is 0 Å². The Hall–Kier alpha value is -2.90. The normalized spacial score (nSPS) is 15.3. The van der Waals surface area contributed by atoms with E-state index in [2.05, 4.69) is 42.3 Å². The van der Waals surface area contributed by atoms with Gasteiger partial charge < -0.3 is 15.0 Å². The Morgan fingerprint density at radius 1 is 1.09 bits per heavy atom. The van der Waals surface area contributed by atoms with Gasteiger partial charge in [0.25, 0.3) is 5.91 Å². The first-order valence-electron chi connectivity index (χ1n) is 12.0. The van der Waals surface area contributed by atoms with Gasteiger partial charge in [0.2, 0.25) is 0 Å². The van der Waals surface area contributed by atoms with Gasteiger partial charge in [-0.1, -0.05) is 54.2 Å². The summed E-state index contributed by atoms with van der Waals surface area (Å²) in [5.74, 6) is 1.62. The molecule has 0 bridgehead atoms. The molecule has 1 fully saturated rings. The maximum Gasteiger partial charge on any atom is 0.251 e. The lowest BCUT2D eigenvalue weighted by molar-refractivity contribution is 0.0858. The van der Waals surface area contributed by atoms with Crippen LogP contribution in [0.4, 0.5) is 5.82 Å². The molecule has 0 aliphatic carbocycles. The maximum absolute atomic E-state index is 12.4. The lowest BCUT2D eigenvalue weighted by atomic mass is 10.1. The number of carbonyl (C=O) groups excluding carboxylic acids is 1. The van der Waals surface area contributed by atoms with Crippen LogP contribution in [0.1, 0.15) is 42.6 Å². The molecule has 4 rings (SSSR count). The quantitative estimate of drug-likeness (QED) is 0.321. The van der Waals surface area contributed by atoms with Crippen molar-refractivity contribution < 1.29 is 9.53 Å². The second-order valence-corrected chi connectivity index (χ2v) is 9.21. The van der Waals surface area contributed by atoms with Crippen LogP contribution < -0.4 is 10.2 Å². The van der Waals surface area contributed by atoms with Gasteiger partial charge in [0.1, 0.15) is 5.82 Å². The van der Waals surface area contributed by atoms with E-state index in [4.69, 9.17) is 14.7 Å². The number of nitrogens with zero attached hydrogens (tertiary/aromatic N) is 3. The number of amides is 1. The largest absolute Gasteiger partial charge is 0.376 e. The van der Waals surface area contributed by atoms with Gasteiger partial charge in [0.15, 0.2) is 5.16 Å². The first-order chi connectivity index (χ1) is 16.7. The lowest BCUT2D eigenvalue weighted by Gasteiger charge is -2.21. The summed E-state index contributed by atoms with van der Waals surface area (Å²) in [7, 11) is 0. The van der Waals surface area contributed by atoms with Crippen molar-refractivity contribution in [3.8, 4) is 11.3 Å². The van der Waals surface area contributed by atoms with Crippen LogP contribution in [0.5, 0.6) is 0 Å². The van der Waals surface area contributed by atoms with E-state index in [0.29, 0.717) is 12.1 Å². The first kappa shape index (κ1) is 24.2. The monoisotopic (exact) mass is 476 g/mol. The third kappa shape index (κ3) is 6.36. The minimum absolute atomic E-state index is 0.0579. The highest BCUT2D eigenvalue weighted by molar-refractivity contribution is 7.98. The average molecular weight is 477 g/mol. The molecule has 1 aliphatic heterocycles. The molecule has 1 N–H and O–H groups in total. The number of benzene rings is 2. The minimum atomic E-state index is -0.0579. The van der Waals surface area contributed by atoms with Gasteiger partial charge >= 0.3 is 0 Å². The smallest absolute Gasteiger partial charge is 0.251 e. The molecule has 2 aromatic carbocycles. The van der Waals surface area contributed by atoms with Crippen molar-refractivity contribution in [2.45, 2.75) is 43.7 Å². The van der Waals surface area contributed by atoms with Crippen LogP contribution in [-0.4, -0.2) is 48.2 Å². The van der Waals surface area contributed by atoms with Crippen molar-refractivity contribution in [1.29, 1.82) is 0 Å². The van der Waals surface area contributed by atoms with Crippen molar-refractivity contribution >= 4 is 23.5 Å². The van der Waals surface area contributed by atoms with E-state index >= 15 is 0 Å². The minimum Gasteiger partial charge on any atom is -0.376 e. The summed E-state index contributed by atoms with van der Waals surface area (Å²) in [4.78, 5) is 24.3. The molecule has 7 heteroatoms. The Morgan fingerprint density at radius 2 is 1.85 bits per heavy atom. The summed E-state index contributed by atoms with van der Waals surface area (Å²) in [6, 6.07) is 20.0. The zero-order valence-corrected chi connectivity index (χ0v) is 20.7. The van der Waals surface area contributed by atoms with Gasteiger partial charge in [0.05, 0.1) is 11.8 Å². The van der Waals surface area contributed by atoms with E-state index in [1.807, 2.05) is 42.5 Å². The fraction of sp³-hybridized carbons (Fsp3) is 0.370. The molecule has 1 saturated heterocycles. The zero-order valence-electron chi connectivity index (χ0n) is 19.9. The highest BCUT2D eigenvalue weighted by atomic mass is 32.2. The summed E-state index contributed by atoms with van der Waals surface area (Å²) in [5.41, 5.74) is 3.80. The number of aromatic nitrogens is 2. The van der Waals surface area contributed by atoms with Crippen LogP contribution in [-0.2, 0) is 10.5 Å². The number of ether oxygens (including phenoxy) is 1. The topological polar surface area (TPSA) is 67.4 Å². The molecule has 34 heavy (non-hydrogen) atoms. The van der Waals surface area contributed by atoms with E-state index in [1.165, 1.54) is 0 Å². The molecule has 3 aromatic rings. The summed E-state index contributed by atoms with van der Waals surface area (Å²) >= 11 is 1.61. The lowest BCUT2D eigenvalue weighted by Crippen LogP contribution is -2.31. The van der Waals surface area contributed by atoms with Crippen molar-refractivity contribution in [3.05, 3.63) is 71.8 Å². The van der Waals surface area contributed by atoms with Gasteiger partial charge in [-0.2, -0.15) is 0 Å². The third-order valence-electron chi connectivity index (χ3n) is 5.95. The van der Waals surface area contributed by atoms with Crippen molar-refractivity contribution in [3.63, 3.8) is 0 Å². The summed E-state index contributed by atoms with van der Waals surface area (Å²) in [6.07, 6.45) is 2.23. The molecule has 0 spiro atoms. The predicted octanol–water partition coefficient (Wildman–Crippen LogP) is 5.19. The Balaban J connectivity index is 1.42. The van der Waals surface area contributed by atoms with E-state index < -0.39 is 0 Å². The summed E-state index contributed by atoms with van der Waals surface area (Å²) in [5, 5.41) is 3.73. The van der Waals surface area contributed by atoms with E-state index in [-0.39, 0.29) is 12.0 Å². The van der Waals surface area contributed by atoms with Crippen LogP contribution in [0.25, 0.3) is 11.3 Å². The van der Waals surface area contributed by atoms with Crippen LogP contribution in [0.3, 0.4) is 0 Å². The molecule has 1 aliphatic rings. The fourth-order valence-corrected chi connectivity index (χ4v) is 4.77. The molecular weight excluding hydrogens is 444 g/mol. The average Bonchev–Trinajstić information content (AvgIpc) is 3.41. The standard InChI is InChI=1S/C27H32N4O2S/c1-3-31(4-2)25-17-24(21-9-6-5-7-10-21)29-27(30-25)34-19-20-12-14-22(15-13-20)26(32)28-18-23-11-8-16-33-23/h5-7,9-10,12-15,17,23H,3-4,8,11,16,18-19H2,1-2H3,(H,28,32)/t23-/m1/s1. The maximum atomic E-state index is 12.4. The number of rotatable bonds is 10. The Bertz CT molecular complexity index is 1070. The summed E-state index contributed by atoms with van der Waals surface area (Å²) < 4.78 is 5.57. The number of nitrogens with one attached hydrogen (secondary N) is 1. The van der Waals surface area contributed by atoms with Crippen molar-refractivity contribution in [2.24, 2.45) is 0 Å². The van der Waals surface area contributed by atoms with Gasteiger partial charge in [-0.15, -0.1) is 0 Å². The highest BCUT2D eigenvalue weighted by Gasteiger charge is 2.17. The Kier molecular flexibility index (Phi) is 8.55. The number of carbonyl (C=O) groups is 1. The Labute approximate surface area is 206 Å². The van der Waals surface area contributed by atoms with E-state index in [9.17, 15) is 4.79 Å². The third-order valence-corrected chi connectivity index (χ3v) is 6.87. The van der Waals surface area contributed by atoms with Gasteiger partial charge in [-0.3, -0.25) is 4.79 Å². The van der Waals surface area contributed by atoms with Crippen LogP contribution in [0.15, 0.2) is 65.8 Å². The molecule has 6 nitrogen and oxygen atoms in total. The Morgan fingerprint density at radius 3 is 2.53 bits per heavy atom. The molecule has 178 valence electrons. The van der Waals surface area contributed by atoms with Gasteiger partial charge in [-0.25, -0.2) is 9.97 Å².